The first-order valence-corrected chi connectivity index (χ1v) is 7.50. The minimum atomic E-state index is -0.545. The van der Waals surface area contributed by atoms with Gasteiger partial charge in [-0.3, -0.25) is 14.9 Å². The highest BCUT2D eigenvalue weighted by atomic mass is 16.6. The maximum Gasteiger partial charge on any atom is 0.274 e. The zero-order chi connectivity index (χ0) is 17.3. The van der Waals surface area contributed by atoms with Gasteiger partial charge >= 0.3 is 0 Å². The largest absolute Gasteiger partial charge is 0.506 e. The van der Waals surface area contributed by atoms with Gasteiger partial charge in [-0.15, -0.1) is 0 Å². The summed E-state index contributed by atoms with van der Waals surface area (Å²) in [6, 6.07) is 12.6. The van der Waals surface area contributed by atoms with Crippen molar-refractivity contribution >= 4 is 17.2 Å². The number of hydrogen-bond donors (Lipinski definition) is 1. The summed E-state index contributed by atoms with van der Waals surface area (Å²) < 4.78 is 0. The summed E-state index contributed by atoms with van der Waals surface area (Å²) in [5, 5.41) is 21.5. The van der Waals surface area contributed by atoms with Crippen LogP contribution in [0.15, 0.2) is 60.3 Å². The number of nitro benzene ring substituents is 1. The Bertz CT molecular complexity index is 844. The molecule has 0 bridgehead atoms. The van der Waals surface area contributed by atoms with E-state index in [0.717, 1.165) is 0 Å². The number of Topliss-reactive ketones (excluding diaryl/α,β-unsaturated/α-hetero) is 1. The predicted molar refractivity (Wildman–Crippen MR) is 89.8 cm³/mol. The van der Waals surface area contributed by atoms with Crippen LogP contribution < -0.4 is 4.90 Å². The van der Waals surface area contributed by atoms with Gasteiger partial charge in [0.05, 0.1) is 22.2 Å². The Labute approximate surface area is 138 Å². The van der Waals surface area contributed by atoms with Crippen molar-refractivity contribution < 1.29 is 14.8 Å². The lowest BCUT2D eigenvalue weighted by Gasteiger charge is -2.34. The van der Waals surface area contributed by atoms with Crippen LogP contribution in [0.25, 0.3) is 0 Å². The highest BCUT2D eigenvalue weighted by molar-refractivity contribution is 5.97. The van der Waals surface area contributed by atoms with E-state index in [0.29, 0.717) is 16.8 Å². The molecule has 122 valence electrons. The number of carbonyl (C=O) groups excluding carboxylic acids is 1. The number of phenols is 1. The molecule has 0 fully saturated rings. The quantitative estimate of drug-likeness (QED) is 0.687. The lowest BCUT2D eigenvalue weighted by atomic mass is 9.92. The smallest absolute Gasteiger partial charge is 0.274 e. The van der Waals surface area contributed by atoms with E-state index in [1.165, 1.54) is 6.07 Å². The predicted octanol–water partition coefficient (Wildman–Crippen LogP) is 3.72. The second-order valence-corrected chi connectivity index (χ2v) is 5.67. The Hall–Kier alpha value is -3.15. The normalized spacial score (nSPS) is 17.5. The van der Waals surface area contributed by atoms with E-state index in [1.807, 2.05) is 0 Å². The summed E-state index contributed by atoms with van der Waals surface area (Å²) >= 11 is 0. The first kappa shape index (κ1) is 15.7. The average Bonchev–Trinajstić information content (AvgIpc) is 2.57. The molecule has 1 N–H and O–H groups in total. The van der Waals surface area contributed by atoms with E-state index in [-0.39, 0.29) is 23.6 Å². The molecule has 0 aromatic heterocycles. The molecule has 0 amide bonds. The molecule has 1 heterocycles. The zero-order valence-electron chi connectivity index (χ0n) is 13.0. The molecule has 1 aliphatic heterocycles. The third-order valence-electron chi connectivity index (χ3n) is 4.14. The van der Waals surface area contributed by atoms with Crippen molar-refractivity contribution in [3.8, 4) is 5.75 Å². The number of anilines is 1. The average molecular weight is 324 g/mol. The van der Waals surface area contributed by atoms with Crippen LogP contribution in [0.5, 0.6) is 5.75 Å². The fraction of sp³-hybridized carbons (Fsp3) is 0.167. The second kappa shape index (κ2) is 6.16. The van der Waals surface area contributed by atoms with Gasteiger partial charge in [0, 0.05) is 24.3 Å². The van der Waals surface area contributed by atoms with Gasteiger partial charge < -0.3 is 10.0 Å². The molecule has 1 aliphatic rings. The Balaban J connectivity index is 2.16. The van der Waals surface area contributed by atoms with Crippen LogP contribution in [0, 0.1) is 10.1 Å². The highest BCUT2D eigenvalue weighted by Gasteiger charge is 2.33. The number of benzene rings is 2. The van der Waals surface area contributed by atoms with Crippen molar-refractivity contribution in [1.29, 1.82) is 0 Å². The summed E-state index contributed by atoms with van der Waals surface area (Å²) in [6.45, 7) is 1.70. The number of nitrogens with zero attached hydrogens (tertiary/aromatic N) is 2. The van der Waals surface area contributed by atoms with Gasteiger partial charge in [0.2, 0.25) is 0 Å². The summed E-state index contributed by atoms with van der Waals surface area (Å²) in [5.41, 5.74) is 1.46. The summed E-state index contributed by atoms with van der Waals surface area (Å²) in [4.78, 5) is 24.8. The van der Waals surface area contributed by atoms with Crippen LogP contribution in [0.2, 0.25) is 0 Å². The number of aromatic hydroxyl groups is 1. The van der Waals surface area contributed by atoms with Crippen molar-refractivity contribution in [2.45, 2.75) is 19.4 Å². The fourth-order valence-electron chi connectivity index (χ4n) is 2.92. The van der Waals surface area contributed by atoms with Crippen LogP contribution in [-0.4, -0.2) is 15.8 Å². The molecular weight excluding hydrogens is 308 g/mol. The number of nitro groups is 1. The van der Waals surface area contributed by atoms with Crippen molar-refractivity contribution in [2.24, 2.45) is 0 Å². The van der Waals surface area contributed by atoms with Gasteiger partial charge in [-0.25, -0.2) is 0 Å². The van der Waals surface area contributed by atoms with E-state index in [1.54, 1.807) is 60.5 Å². The highest BCUT2D eigenvalue weighted by Crippen LogP contribution is 2.41. The molecule has 1 atom stereocenters. The number of para-hydroxylation sites is 3. The first-order chi connectivity index (χ1) is 11.5. The summed E-state index contributed by atoms with van der Waals surface area (Å²) in [6.07, 6.45) is 1.75. The molecule has 6 heteroatoms. The number of carbonyl (C=O) groups is 1. The SMILES string of the molecule is CC1=CN(c2ccccc2O)[C@H](c2ccccc2[N+](=O)[O-])CC1=O. The minimum Gasteiger partial charge on any atom is -0.506 e. The second-order valence-electron chi connectivity index (χ2n) is 5.67. The number of ketones is 1. The molecule has 0 radical (unpaired) electrons. The monoisotopic (exact) mass is 324 g/mol. The van der Waals surface area contributed by atoms with Crippen molar-refractivity contribution in [2.75, 3.05) is 4.90 Å². The van der Waals surface area contributed by atoms with Crippen molar-refractivity contribution in [3.63, 3.8) is 0 Å². The molecule has 0 saturated carbocycles. The van der Waals surface area contributed by atoms with Gasteiger partial charge in [-0.2, -0.15) is 0 Å². The molecule has 0 aliphatic carbocycles. The van der Waals surface area contributed by atoms with Crippen LogP contribution in [0.3, 0.4) is 0 Å². The summed E-state index contributed by atoms with van der Waals surface area (Å²) in [7, 11) is 0. The molecule has 2 aromatic rings. The maximum absolute atomic E-state index is 12.2. The number of rotatable bonds is 3. The Morgan fingerprint density at radius 2 is 1.83 bits per heavy atom. The van der Waals surface area contributed by atoms with Gasteiger partial charge in [-0.05, 0) is 19.1 Å². The van der Waals surface area contributed by atoms with E-state index in [4.69, 9.17) is 0 Å². The first-order valence-electron chi connectivity index (χ1n) is 7.50. The topological polar surface area (TPSA) is 83.7 Å². The maximum atomic E-state index is 12.2. The summed E-state index contributed by atoms with van der Waals surface area (Å²) in [5.74, 6) is -0.00990. The number of phenolic OH excluding ortho intramolecular Hbond substituents is 1. The molecule has 6 nitrogen and oxygen atoms in total. The molecule has 0 unspecified atom stereocenters. The Morgan fingerprint density at radius 1 is 1.17 bits per heavy atom. The van der Waals surface area contributed by atoms with Crippen LogP contribution >= 0.6 is 0 Å². The lowest BCUT2D eigenvalue weighted by Crippen LogP contribution is -2.31. The Kier molecular flexibility index (Phi) is 4.04. The minimum absolute atomic E-state index is 0.0383. The van der Waals surface area contributed by atoms with Crippen LogP contribution in [0.4, 0.5) is 11.4 Å². The van der Waals surface area contributed by atoms with Gasteiger partial charge in [-0.1, -0.05) is 30.3 Å². The van der Waals surface area contributed by atoms with E-state index >= 15 is 0 Å². The molecule has 3 rings (SSSR count). The zero-order valence-corrected chi connectivity index (χ0v) is 13.0. The molecule has 2 aromatic carbocycles. The molecule has 0 spiro atoms. The molecule has 24 heavy (non-hydrogen) atoms. The standard InChI is InChI=1S/C18H16N2O4/c1-12-11-19(15-8-4-5-9-17(15)21)16(10-18(12)22)13-6-2-3-7-14(13)20(23)24/h2-9,11,16,21H,10H2,1H3/t16-/m0/s1. The van der Waals surface area contributed by atoms with E-state index < -0.39 is 11.0 Å². The van der Waals surface area contributed by atoms with Gasteiger partial charge in [0.1, 0.15) is 5.75 Å². The van der Waals surface area contributed by atoms with E-state index in [2.05, 4.69) is 0 Å². The third-order valence-corrected chi connectivity index (χ3v) is 4.14. The number of allylic oxidation sites excluding steroid dienone is 1. The third kappa shape index (κ3) is 2.74. The molecular formula is C18H16N2O4. The van der Waals surface area contributed by atoms with Gasteiger partial charge in [0.15, 0.2) is 5.78 Å². The number of hydrogen-bond acceptors (Lipinski definition) is 5. The fourth-order valence-corrected chi connectivity index (χ4v) is 2.92. The van der Waals surface area contributed by atoms with Gasteiger partial charge in [0.25, 0.3) is 5.69 Å². The molecule has 0 saturated heterocycles. The van der Waals surface area contributed by atoms with Crippen molar-refractivity contribution in [3.05, 3.63) is 76.0 Å². The van der Waals surface area contributed by atoms with Crippen LogP contribution in [-0.2, 0) is 4.79 Å². The van der Waals surface area contributed by atoms with Crippen LogP contribution in [0.1, 0.15) is 24.9 Å². The van der Waals surface area contributed by atoms with E-state index in [9.17, 15) is 20.0 Å². The lowest BCUT2D eigenvalue weighted by molar-refractivity contribution is -0.385. The Morgan fingerprint density at radius 3 is 2.54 bits per heavy atom. The van der Waals surface area contributed by atoms with Crippen molar-refractivity contribution in [1.82, 2.24) is 0 Å².